The molecule has 0 fully saturated rings. The molecule has 1 aromatic heterocycles. The van der Waals surface area contributed by atoms with Crippen molar-refractivity contribution in [1.82, 2.24) is 15.5 Å². The standard InChI is InChI=1S/C16H23N3O2/c1-11(2)13(17-3)10-16-18-15(19-21-16)9-12-7-5-6-8-14(12)20-4/h5-8,11,13,17H,9-10H2,1-4H3. The van der Waals surface area contributed by atoms with Crippen molar-refractivity contribution in [3.63, 3.8) is 0 Å². The molecule has 0 saturated heterocycles. The fourth-order valence-corrected chi connectivity index (χ4v) is 2.32. The van der Waals surface area contributed by atoms with Crippen molar-refractivity contribution < 1.29 is 9.26 Å². The molecule has 0 amide bonds. The summed E-state index contributed by atoms with van der Waals surface area (Å²) >= 11 is 0. The first-order chi connectivity index (χ1) is 10.1. The summed E-state index contributed by atoms with van der Waals surface area (Å²) in [4.78, 5) is 4.48. The minimum Gasteiger partial charge on any atom is -0.496 e. The van der Waals surface area contributed by atoms with Gasteiger partial charge in [-0.15, -0.1) is 0 Å². The fourth-order valence-electron chi connectivity index (χ4n) is 2.32. The van der Waals surface area contributed by atoms with Crippen LogP contribution in [0.3, 0.4) is 0 Å². The van der Waals surface area contributed by atoms with Crippen molar-refractivity contribution in [2.75, 3.05) is 14.2 Å². The third-order valence-electron chi connectivity index (χ3n) is 3.62. The van der Waals surface area contributed by atoms with E-state index in [2.05, 4.69) is 29.3 Å². The lowest BCUT2D eigenvalue weighted by Gasteiger charge is -2.17. The Morgan fingerprint density at radius 3 is 2.71 bits per heavy atom. The van der Waals surface area contributed by atoms with Gasteiger partial charge in [-0.1, -0.05) is 37.2 Å². The van der Waals surface area contributed by atoms with Crippen LogP contribution in [0.1, 0.15) is 31.1 Å². The second-order valence-electron chi connectivity index (χ2n) is 5.44. The molecule has 0 aliphatic carbocycles. The molecule has 1 atom stereocenters. The van der Waals surface area contributed by atoms with Crippen molar-refractivity contribution in [3.8, 4) is 5.75 Å². The number of para-hydroxylation sites is 1. The fraction of sp³-hybridized carbons (Fsp3) is 0.500. The van der Waals surface area contributed by atoms with Crippen molar-refractivity contribution in [2.45, 2.75) is 32.7 Å². The highest BCUT2D eigenvalue weighted by Gasteiger charge is 2.16. The van der Waals surface area contributed by atoms with Crippen LogP contribution in [0, 0.1) is 5.92 Å². The van der Waals surface area contributed by atoms with Crippen molar-refractivity contribution in [1.29, 1.82) is 0 Å². The van der Waals surface area contributed by atoms with Gasteiger partial charge in [0, 0.05) is 24.4 Å². The van der Waals surface area contributed by atoms with Gasteiger partial charge in [0.05, 0.1) is 7.11 Å². The van der Waals surface area contributed by atoms with E-state index in [1.54, 1.807) is 7.11 Å². The molecule has 5 nitrogen and oxygen atoms in total. The van der Waals surface area contributed by atoms with Crippen LogP contribution in [0.5, 0.6) is 5.75 Å². The van der Waals surface area contributed by atoms with Crippen molar-refractivity contribution in [2.24, 2.45) is 5.92 Å². The smallest absolute Gasteiger partial charge is 0.228 e. The van der Waals surface area contributed by atoms with Crippen LogP contribution in [-0.2, 0) is 12.8 Å². The topological polar surface area (TPSA) is 60.2 Å². The second-order valence-corrected chi connectivity index (χ2v) is 5.44. The Bertz CT molecular complexity index is 566. The summed E-state index contributed by atoms with van der Waals surface area (Å²) in [5.74, 6) is 2.72. The first-order valence-electron chi connectivity index (χ1n) is 7.24. The van der Waals surface area contributed by atoms with Gasteiger partial charge in [0.2, 0.25) is 5.89 Å². The second kappa shape index (κ2) is 7.22. The van der Waals surface area contributed by atoms with E-state index >= 15 is 0 Å². The average Bonchev–Trinajstić information content (AvgIpc) is 2.92. The van der Waals surface area contributed by atoms with Crippen LogP contribution in [0.25, 0.3) is 0 Å². The number of nitrogens with zero attached hydrogens (tertiary/aromatic N) is 2. The van der Waals surface area contributed by atoms with Gasteiger partial charge in [-0.05, 0) is 19.0 Å². The van der Waals surface area contributed by atoms with Gasteiger partial charge in [0.1, 0.15) is 5.75 Å². The summed E-state index contributed by atoms with van der Waals surface area (Å²) in [7, 11) is 3.62. The largest absolute Gasteiger partial charge is 0.496 e. The Morgan fingerprint density at radius 2 is 2.05 bits per heavy atom. The summed E-state index contributed by atoms with van der Waals surface area (Å²) in [6.45, 7) is 4.35. The number of rotatable bonds is 7. The van der Waals surface area contributed by atoms with Crippen LogP contribution in [0.2, 0.25) is 0 Å². The molecule has 114 valence electrons. The average molecular weight is 289 g/mol. The lowest BCUT2D eigenvalue weighted by atomic mass is 10.0. The number of hydrogen-bond acceptors (Lipinski definition) is 5. The summed E-state index contributed by atoms with van der Waals surface area (Å²) in [6.07, 6.45) is 1.35. The number of ether oxygens (including phenoxy) is 1. The molecule has 2 aromatic rings. The summed E-state index contributed by atoms with van der Waals surface area (Å²) in [6, 6.07) is 8.22. The van der Waals surface area contributed by atoms with Crippen LogP contribution in [-0.4, -0.2) is 30.3 Å². The van der Waals surface area contributed by atoms with Crippen LogP contribution < -0.4 is 10.1 Å². The normalized spacial score (nSPS) is 12.6. The maximum absolute atomic E-state index is 5.35. The predicted octanol–water partition coefficient (Wildman–Crippen LogP) is 2.46. The lowest BCUT2D eigenvalue weighted by Crippen LogP contribution is -2.32. The molecule has 1 unspecified atom stereocenters. The van der Waals surface area contributed by atoms with Crippen molar-refractivity contribution >= 4 is 0 Å². The molecule has 0 radical (unpaired) electrons. The monoisotopic (exact) mass is 289 g/mol. The highest BCUT2D eigenvalue weighted by Crippen LogP contribution is 2.20. The number of nitrogens with one attached hydrogen (secondary N) is 1. The quantitative estimate of drug-likeness (QED) is 0.848. The van der Waals surface area contributed by atoms with Gasteiger partial charge in [0.25, 0.3) is 0 Å². The van der Waals surface area contributed by atoms with Crippen LogP contribution in [0.15, 0.2) is 28.8 Å². The molecule has 1 heterocycles. The van der Waals surface area contributed by atoms with E-state index in [0.29, 0.717) is 30.1 Å². The number of likely N-dealkylation sites (N-methyl/N-ethyl adjacent to an activating group) is 1. The first-order valence-corrected chi connectivity index (χ1v) is 7.24. The Hall–Kier alpha value is -1.88. The number of methoxy groups -OCH3 is 1. The van der Waals surface area contributed by atoms with E-state index < -0.39 is 0 Å². The zero-order valence-corrected chi connectivity index (χ0v) is 13.1. The van der Waals surface area contributed by atoms with E-state index in [4.69, 9.17) is 9.26 Å². The number of aromatic nitrogens is 2. The Kier molecular flexibility index (Phi) is 5.33. The summed E-state index contributed by atoms with van der Waals surface area (Å²) in [5.41, 5.74) is 1.06. The maximum atomic E-state index is 5.35. The number of hydrogen-bond donors (Lipinski definition) is 1. The lowest BCUT2D eigenvalue weighted by molar-refractivity contribution is 0.333. The Morgan fingerprint density at radius 1 is 1.29 bits per heavy atom. The van der Waals surface area contributed by atoms with Gasteiger partial charge in [-0.2, -0.15) is 4.98 Å². The van der Waals surface area contributed by atoms with E-state index in [9.17, 15) is 0 Å². The molecule has 5 heteroatoms. The molecule has 0 aliphatic rings. The van der Waals surface area contributed by atoms with E-state index in [1.165, 1.54) is 0 Å². The van der Waals surface area contributed by atoms with Gasteiger partial charge in [0.15, 0.2) is 5.82 Å². The molecule has 0 saturated carbocycles. The van der Waals surface area contributed by atoms with Gasteiger partial charge < -0.3 is 14.6 Å². The zero-order valence-electron chi connectivity index (χ0n) is 13.1. The van der Waals surface area contributed by atoms with Gasteiger partial charge in [-0.3, -0.25) is 0 Å². The molecule has 0 aliphatic heterocycles. The molecular weight excluding hydrogens is 266 g/mol. The van der Waals surface area contributed by atoms with E-state index in [-0.39, 0.29) is 0 Å². The predicted molar refractivity (Wildman–Crippen MR) is 81.5 cm³/mol. The SMILES string of the molecule is CNC(Cc1nc(Cc2ccccc2OC)no1)C(C)C. The van der Waals surface area contributed by atoms with Crippen LogP contribution in [0.4, 0.5) is 0 Å². The van der Waals surface area contributed by atoms with Gasteiger partial charge >= 0.3 is 0 Å². The molecule has 21 heavy (non-hydrogen) atoms. The molecule has 2 rings (SSSR count). The molecule has 0 spiro atoms. The van der Waals surface area contributed by atoms with Gasteiger partial charge in [-0.25, -0.2) is 0 Å². The zero-order chi connectivity index (χ0) is 15.2. The minimum atomic E-state index is 0.338. The molecular formula is C16H23N3O2. The highest BCUT2D eigenvalue weighted by molar-refractivity contribution is 5.35. The third-order valence-corrected chi connectivity index (χ3v) is 3.62. The minimum absolute atomic E-state index is 0.338. The molecule has 0 bridgehead atoms. The maximum Gasteiger partial charge on any atom is 0.228 e. The first kappa shape index (κ1) is 15.5. The Labute approximate surface area is 125 Å². The number of benzene rings is 1. The summed E-state index contributed by atoms with van der Waals surface area (Å²) in [5, 5.41) is 7.34. The van der Waals surface area contributed by atoms with Crippen molar-refractivity contribution in [3.05, 3.63) is 41.5 Å². The highest BCUT2D eigenvalue weighted by atomic mass is 16.5. The van der Waals surface area contributed by atoms with E-state index in [0.717, 1.165) is 17.7 Å². The Balaban J connectivity index is 2.06. The van der Waals surface area contributed by atoms with Crippen LogP contribution >= 0.6 is 0 Å². The third kappa shape index (κ3) is 4.04. The molecule has 1 N–H and O–H groups in total. The molecule has 1 aromatic carbocycles. The van der Waals surface area contributed by atoms with E-state index in [1.807, 2.05) is 31.3 Å². The summed E-state index contributed by atoms with van der Waals surface area (Å²) < 4.78 is 10.7.